The number of hydrogen-bond donors (Lipinski definition) is 0. The lowest BCUT2D eigenvalue weighted by Gasteiger charge is -2.35. The maximum Gasteiger partial charge on any atom is 0.270 e. The maximum absolute atomic E-state index is 12.8. The van der Waals surface area contributed by atoms with Crippen LogP contribution >= 0.6 is 0 Å². The molecule has 2 saturated heterocycles. The van der Waals surface area contributed by atoms with Gasteiger partial charge in [0.05, 0.1) is 18.7 Å². The number of amides is 2. The summed E-state index contributed by atoms with van der Waals surface area (Å²) in [5.74, 6) is 0.124. The first-order chi connectivity index (χ1) is 11.5. The summed E-state index contributed by atoms with van der Waals surface area (Å²) in [5, 5.41) is 0. The van der Waals surface area contributed by atoms with Crippen LogP contribution in [0.15, 0.2) is 12.1 Å². The lowest BCUT2D eigenvalue weighted by atomic mass is 9.99. The minimum atomic E-state index is 0.0180. The van der Waals surface area contributed by atoms with Gasteiger partial charge in [-0.3, -0.25) is 9.59 Å². The fourth-order valence-corrected chi connectivity index (χ4v) is 3.87. The Balaban J connectivity index is 1.82. The highest BCUT2D eigenvalue weighted by Crippen LogP contribution is 2.32. The molecule has 2 amide bonds. The number of carbonyl (C=O) groups is 2. The zero-order valence-corrected chi connectivity index (χ0v) is 14.8. The van der Waals surface area contributed by atoms with Gasteiger partial charge in [0.25, 0.3) is 5.91 Å². The van der Waals surface area contributed by atoms with Gasteiger partial charge in [-0.15, -0.1) is 0 Å². The molecule has 2 fully saturated rings. The highest BCUT2D eigenvalue weighted by Gasteiger charge is 2.31. The first-order valence-corrected chi connectivity index (χ1v) is 8.78. The first-order valence-electron chi connectivity index (χ1n) is 8.78. The van der Waals surface area contributed by atoms with Crippen molar-refractivity contribution in [3.63, 3.8) is 0 Å². The standard InChI is InChI=1S/C18H27N3O3/c1-13(22)21-10-5-4-6-16(21)15-7-8-17(20(15)3)18(23)19(2)14-9-11-24-12-14/h7-8,14,16H,4-6,9-12H2,1-3H3. The molecule has 2 aliphatic rings. The topological polar surface area (TPSA) is 54.8 Å². The van der Waals surface area contributed by atoms with Crippen molar-refractivity contribution in [3.8, 4) is 0 Å². The second kappa shape index (κ2) is 6.97. The highest BCUT2D eigenvalue weighted by molar-refractivity contribution is 5.93. The summed E-state index contributed by atoms with van der Waals surface area (Å²) >= 11 is 0. The summed E-state index contributed by atoms with van der Waals surface area (Å²) < 4.78 is 7.35. The average molecular weight is 333 g/mol. The van der Waals surface area contributed by atoms with Gasteiger partial charge in [-0.05, 0) is 37.8 Å². The summed E-state index contributed by atoms with van der Waals surface area (Å²) in [7, 11) is 3.77. The molecule has 132 valence electrons. The van der Waals surface area contributed by atoms with Crippen LogP contribution in [0, 0.1) is 0 Å². The Morgan fingerprint density at radius 3 is 2.71 bits per heavy atom. The summed E-state index contributed by atoms with van der Waals surface area (Å²) in [4.78, 5) is 28.5. The fourth-order valence-electron chi connectivity index (χ4n) is 3.87. The number of aromatic nitrogens is 1. The number of carbonyl (C=O) groups excluding carboxylic acids is 2. The lowest BCUT2D eigenvalue weighted by Crippen LogP contribution is -2.39. The lowest BCUT2D eigenvalue weighted by molar-refractivity contribution is -0.132. The number of hydrogen-bond acceptors (Lipinski definition) is 3. The number of ether oxygens (including phenoxy) is 1. The van der Waals surface area contributed by atoms with E-state index in [-0.39, 0.29) is 23.9 Å². The van der Waals surface area contributed by atoms with Gasteiger partial charge in [-0.25, -0.2) is 0 Å². The van der Waals surface area contributed by atoms with Crippen molar-refractivity contribution in [2.75, 3.05) is 26.8 Å². The molecule has 0 aliphatic carbocycles. The second-order valence-electron chi connectivity index (χ2n) is 6.86. The summed E-state index contributed by atoms with van der Waals surface area (Å²) in [6.45, 7) is 3.76. The summed E-state index contributed by atoms with van der Waals surface area (Å²) in [6.07, 6.45) is 4.01. The number of likely N-dealkylation sites (N-methyl/N-ethyl adjacent to an activating group) is 1. The smallest absolute Gasteiger partial charge is 0.270 e. The van der Waals surface area contributed by atoms with E-state index in [1.807, 2.05) is 35.7 Å². The van der Waals surface area contributed by atoms with Crippen LogP contribution in [0.5, 0.6) is 0 Å². The van der Waals surface area contributed by atoms with Gasteiger partial charge in [0.15, 0.2) is 0 Å². The van der Waals surface area contributed by atoms with E-state index in [1.165, 1.54) is 0 Å². The predicted octanol–water partition coefficient (Wildman–Crippen LogP) is 1.96. The molecular formula is C18H27N3O3. The van der Waals surface area contributed by atoms with Crippen LogP contribution in [0.25, 0.3) is 0 Å². The Hall–Kier alpha value is -1.82. The molecule has 24 heavy (non-hydrogen) atoms. The predicted molar refractivity (Wildman–Crippen MR) is 90.7 cm³/mol. The van der Waals surface area contributed by atoms with Gasteiger partial charge < -0.3 is 19.1 Å². The number of rotatable bonds is 3. The molecule has 0 N–H and O–H groups in total. The molecule has 0 radical (unpaired) electrons. The van der Waals surface area contributed by atoms with E-state index in [1.54, 1.807) is 11.8 Å². The zero-order valence-electron chi connectivity index (χ0n) is 14.8. The van der Waals surface area contributed by atoms with Gasteiger partial charge in [0.1, 0.15) is 5.69 Å². The van der Waals surface area contributed by atoms with Crippen molar-refractivity contribution >= 4 is 11.8 Å². The molecule has 6 heteroatoms. The van der Waals surface area contributed by atoms with Crippen LogP contribution in [0.2, 0.25) is 0 Å². The van der Waals surface area contributed by atoms with Crippen molar-refractivity contribution in [2.45, 2.75) is 44.7 Å². The minimum absolute atomic E-state index is 0.0180. The van der Waals surface area contributed by atoms with Crippen LogP contribution in [-0.4, -0.2) is 59.0 Å². The van der Waals surface area contributed by atoms with Gasteiger partial charge in [-0.2, -0.15) is 0 Å². The van der Waals surface area contributed by atoms with Crippen LogP contribution in [0.3, 0.4) is 0 Å². The van der Waals surface area contributed by atoms with Crippen molar-refractivity contribution in [1.82, 2.24) is 14.4 Å². The average Bonchev–Trinajstić information content (AvgIpc) is 3.23. The molecule has 1 aromatic rings. The molecule has 0 aromatic carbocycles. The Morgan fingerprint density at radius 2 is 2.04 bits per heavy atom. The van der Waals surface area contributed by atoms with Crippen LogP contribution in [0.1, 0.15) is 54.8 Å². The van der Waals surface area contributed by atoms with Crippen molar-refractivity contribution < 1.29 is 14.3 Å². The Morgan fingerprint density at radius 1 is 1.25 bits per heavy atom. The van der Waals surface area contributed by atoms with E-state index >= 15 is 0 Å². The molecule has 2 unspecified atom stereocenters. The van der Waals surface area contributed by atoms with Gasteiger partial charge in [-0.1, -0.05) is 0 Å². The third-order valence-electron chi connectivity index (χ3n) is 5.40. The summed E-state index contributed by atoms with van der Waals surface area (Å²) in [6, 6.07) is 4.11. The molecule has 0 bridgehead atoms. The van der Waals surface area contributed by atoms with Gasteiger partial charge >= 0.3 is 0 Å². The monoisotopic (exact) mass is 333 g/mol. The van der Waals surface area contributed by atoms with E-state index in [0.717, 1.165) is 44.5 Å². The third-order valence-corrected chi connectivity index (χ3v) is 5.40. The Kier molecular flexibility index (Phi) is 4.94. The van der Waals surface area contributed by atoms with Gasteiger partial charge in [0.2, 0.25) is 5.91 Å². The molecule has 0 saturated carbocycles. The second-order valence-corrected chi connectivity index (χ2v) is 6.86. The number of likely N-dealkylation sites (tertiary alicyclic amines) is 1. The molecule has 3 heterocycles. The van der Waals surface area contributed by atoms with Gasteiger partial charge in [0, 0.05) is 39.9 Å². The largest absolute Gasteiger partial charge is 0.379 e. The highest BCUT2D eigenvalue weighted by atomic mass is 16.5. The molecule has 3 rings (SSSR count). The summed E-state index contributed by atoms with van der Waals surface area (Å²) in [5.41, 5.74) is 1.72. The molecule has 2 aliphatic heterocycles. The van der Waals surface area contributed by atoms with Crippen LogP contribution in [0.4, 0.5) is 0 Å². The van der Waals surface area contributed by atoms with Crippen molar-refractivity contribution in [3.05, 3.63) is 23.5 Å². The van der Waals surface area contributed by atoms with E-state index in [2.05, 4.69) is 0 Å². The van der Waals surface area contributed by atoms with E-state index in [9.17, 15) is 9.59 Å². The Labute approximate surface area is 143 Å². The van der Waals surface area contributed by atoms with Crippen LogP contribution in [-0.2, 0) is 16.6 Å². The molecule has 2 atom stereocenters. The molecular weight excluding hydrogens is 306 g/mol. The first kappa shape index (κ1) is 17.0. The molecule has 0 spiro atoms. The quantitative estimate of drug-likeness (QED) is 0.850. The van der Waals surface area contributed by atoms with E-state index in [0.29, 0.717) is 12.3 Å². The van der Waals surface area contributed by atoms with E-state index in [4.69, 9.17) is 4.74 Å². The third kappa shape index (κ3) is 3.07. The number of piperidine rings is 1. The fraction of sp³-hybridized carbons (Fsp3) is 0.667. The number of nitrogens with zero attached hydrogens (tertiary/aromatic N) is 3. The van der Waals surface area contributed by atoms with Crippen molar-refractivity contribution in [1.29, 1.82) is 0 Å². The van der Waals surface area contributed by atoms with E-state index < -0.39 is 0 Å². The zero-order chi connectivity index (χ0) is 17.3. The van der Waals surface area contributed by atoms with Crippen LogP contribution < -0.4 is 0 Å². The SMILES string of the molecule is CC(=O)N1CCCCC1c1ccc(C(=O)N(C)C2CCOC2)n1C. The Bertz CT molecular complexity index is 619. The van der Waals surface area contributed by atoms with Crippen molar-refractivity contribution in [2.24, 2.45) is 7.05 Å². The minimum Gasteiger partial charge on any atom is -0.379 e. The maximum atomic E-state index is 12.8. The normalized spacial score (nSPS) is 24.2. The molecule has 6 nitrogen and oxygen atoms in total. The molecule has 1 aromatic heterocycles.